The van der Waals surface area contributed by atoms with Crippen LogP contribution in [0.25, 0.3) is 11.1 Å². The molecule has 1 aliphatic heterocycles. The molecule has 41 heavy (non-hydrogen) atoms. The lowest BCUT2D eigenvalue weighted by molar-refractivity contribution is -0.141. The molecule has 0 radical (unpaired) electrons. The van der Waals surface area contributed by atoms with E-state index in [1.807, 2.05) is 0 Å². The lowest BCUT2D eigenvalue weighted by Gasteiger charge is -2.31. The van der Waals surface area contributed by atoms with Crippen LogP contribution in [0.15, 0.2) is 54.6 Å². The lowest BCUT2D eigenvalue weighted by Crippen LogP contribution is -2.32. The third-order valence-electron chi connectivity index (χ3n) is 6.61. The number of benzene rings is 2. The predicted octanol–water partition coefficient (Wildman–Crippen LogP) is 8.00. The van der Waals surface area contributed by atoms with Crippen LogP contribution >= 0.6 is 0 Å². The Bertz CT molecular complexity index is 1400. The Morgan fingerprint density at radius 3 is 2.29 bits per heavy atom. The number of alkyl halides is 7. The van der Waals surface area contributed by atoms with Gasteiger partial charge in [-0.25, -0.2) is 4.98 Å². The van der Waals surface area contributed by atoms with Gasteiger partial charge >= 0.3 is 12.4 Å². The van der Waals surface area contributed by atoms with Crippen molar-refractivity contribution < 1.29 is 40.3 Å². The van der Waals surface area contributed by atoms with Crippen molar-refractivity contribution in [2.45, 2.75) is 51.0 Å². The van der Waals surface area contributed by atoms with Gasteiger partial charge in [0.15, 0.2) is 0 Å². The van der Waals surface area contributed by atoms with Gasteiger partial charge in [-0.1, -0.05) is 18.2 Å². The quantitative estimate of drug-likeness (QED) is 0.205. The molecule has 1 saturated heterocycles. The summed E-state index contributed by atoms with van der Waals surface area (Å²) >= 11 is 0. The van der Waals surface area contributed by atoms with E-state index >= 15 is 0 Å². The molecule has 0 saturated carbocycles. The highest BCUT2D eigenvalue weighted by atomic mass is 19.4. The zero-order valence-electron chi connectivity index (χ0n) is 22.3. The summed E-state index contributed by atoms with van der Waals surface area (Å²) < 4.78 is 102. The van der Waals surface area contributed by atoms with Crippen molar-refractivity contribution >= 4 is 17.3 Å². The minimum Gasteiger partial charge on any atom is -0.493 e. The largest absolute Gasteiger partial charge is 0.493 e. The molecule has 0 aliphatic carbocycles. The topological polar surface area (TPSA) is 54.5 Å². The minimum atomic E-state index is -4.91. The summed E-state index contributed by atoms with van der Waals surface area (Å²) in [7, 11) is 0. The maximum atomic E-state index is 14.8. The third kappa shape index (κ3) is 6.91. The first-order chi connectivity index (χ1) is 19.2. The number of anilines is 2. The fourth-order valence-corrected chi connectivity index (χ4v) is 4.67. The van der Waals surface area contributed by atoms with Crippen molar-refractivity contribution in [3.63, 3.8) is 0 Å². The standard InChI is InChI=1S/C29H28F7N3O2/c1-27(2,23-9-4-10-24(37-23)28(31,32)33)38-22-17-19(39-13-5-11-25(39)40)16-21(26(22)29(34,35)36)18-7-3-8-20(15-18)41-14-6-12-30/h3-4,7-10,15-17,38H,5-6,11-14H2,1-2H3. The maximum Gasteiger partial charge on any atom is 0.433 e. The highest BCUT2D eigenvalue weighted by molar-refractivity contribution is 5.97. The van der Waals surface area contributed by atoms with Crippen molar-refractivity contribution in [1.82, 2.24) is 4.98 Å². The Kier molecular flexibility index (Phi) is 8.51. The van der Waals surface area contributed by atoms with Crippen LogP contribution in [0.5, 0.6) is 5.75 Å². The smallest absolute Gasteiger partial charge is 0.433 e. The first-order valence-corrected chi connectivity index (χ1v) is 12.9. The van der Waals surface area contributed by atoms with E-state index in [-0.39, 0.29) is 53.6 Å². The Morgan fingerprint density at radius 1 is 0.951 bits per heavy atom. The van der Waals surface area contributed by atoms with Crippen LogP contribution in [-0.4, -0.2) is 30.7 Å². The summed E-state index contributed by atoms with van der Waals surface area (Å²) in [4.78, 5) is 17.6. The Hall–Kier alpha value is -3.83. The summed E-state index contributed by atoms with van der Waals surface area (Å²) in [6.07, 6.45) is -8.79. The van der Waals surface area contributed by atoms with Gasteiger partial charge in [0.1, 0.15) is 11.4 Å². The second kappa shape index (κ2) is 11.6. The zero-order chi connectivity index (χ0) is 30.0. The Balaban J connectivity index is 1.88. The molecule has 0 atom stereocenters. The number of amides is 1. The van der Waals surface area contributed by atoms with Crippen molar-refractivity contribution in [3.8, 4) is 16.9 Å². The van der Waals surface area contributed by atoms with E-state index in [1.165, 1.54) is 61.2 Å². The van der Waals surface area contributed by atoms with Crippen LogP contribution in [-0.2, 0) is 22.7 Å². The molecule has 220 valence electrons. The van der Waals surface area contributed by atoms with E-state index in [2.05, 4.69) is 10.3 Å². The first-order valence-electron chi connectivity index (χ1n) is 12.9. The fourth-order valence-electron chi connectivity index (χ4n) is 4.67. The molecule has 0 unspecified atom stereocenters. The number of pyridine rings is 1. The van der Waals surface area contributed by atoms with Gasteiger partial charge in [0, 0.05) is 30.8 Å². The average Bonchev–Trinajstić information content (AvgIpc) is 3.33. The van der Waals surface area contributed by atoms with Crippen LogP contribution in [0.2, 0.25) is 0 Å². The summed E-state index contributed by atoms with van der Waals surface area (Å²) in [6.45, 7) is 2.55. The van der Waals surface area contributed by atoms with Crippen LogP contribution in [0.4, 0.5) is 42.1 Å². The number of hydrogen-bond acceptors (Lipinski definition) is 4. The molecule has 1 amide bonds. The molecule has 0 spiro atoms. The molecule has 4 rings (SSSR count). The summed E-state index contributed by atoms with van der Waals surface area (Å²) in [6, 6.07) is 11.5. The average molecular weight is 584 g/mol. The van der Waals surface area contributed by atoms with Gasteiger partial charge in [-0.15, -0.1) is 0 Å². The number of nitrogens with zero attached hydrogens (tertiary/aromatic N) is 2. The van der Waals surface area contributed by atoms with E-state index in [4.69, 9.17) is 4.74 Å². The van der Waals surface area contributed by atoms with Gasteiger partial charge in [-0.2, -0.15) is 26.3 Å². The highest BCUT2D eigenvalue weighted by Gasteiger charge is 2.40. The number of halogens is 7. The maximum absolute atomic E-state index is 14.8. The number of nitrogens with one attached hydrogen (secondary N) is 1. The van der Waals surface area contributed by atoms with Gasteiger partial charge in [-0.05, 0) is 67.8 Å². The van der Waals surface area contributed by atoms with Crippen molar-refractivity contribution in [1.29, 1.82) is 0 Å². The van der Waals surface area contributed by atoms with Gasteiger partial charge in [-0.3, -0.25) is 9.18 Å². The second-order valence-electron chi connectivity index (χ2n) is 10.1. The van der Waals surface area contributed by atoms with E-state index in [0.29, 0.717) is 13.0 Å². The van der Waals surface area contributed by atoms with Crippen LogP contribution in [0.3, 0.4) is 0 Å². The lowest BCUT2D eigenvalue weighted by atomic mass is 9.93. The second-order valence-corrected chi connectivity index (χ2v) is 10.1. The molecule has 1 N–H and O–H groups in total. The molecule has 5 nitrogen and oxygen atoms in total. The third-order valence-corrected chi connectivity index (χ3v) is 6.61. The molecule has 1 aromatic heterocycles. The van der Waals surface area contributed by atoms with Crippen molar-refractivity contribution in [2.75, 3.05) is 30.0 Å². The summed E-state index contributed by atoms with van der Waals surface area (Å²) in [5.41, 5.74) is -4.25. The van der Waals surface area contributed by atoms with E-state index in [9.17, 15) is 35.5 Å². The molecule has 0 bridgehead atoms. The summed E-state index contributed by atoms with van der Waals surface area (Å²) in [5.74, 6) is -0.0292. The van der Waals surface area contributed by atoms with E-state index in [0.717, 1.165) is 12.1 Å². The van der Waals surface area contributed by atoms with Gasteiger partial charge in [0.25, 0.3) is 0 Å². The van der Waals surface area contributed by atoms with Crippen LogP contribution < -0.4 is 15.0 Å². The van der Waals surface area contributed by atoms with Crippen molar-refractivity contribution in [3.05, 3.63) is 71.5 Å². The molecule has 2 aromatic carbocycles. The molecule has 12 heteroatoms. The first kappa shape index (κ1) is 30.1. The van der Waals surface area contributed by atoms with E-state index in [1.54, 1.807) is 0 Å². The van der Waals surface area contributed by atoms with Crippen LogP contribution in [0.1, 0.15) is 50.1 Å². The van der Waals surface area contributed by atoms with Gasteiger partial charge in [0.2, 0.25) is 5.91 Å². The minimum absolute atomic E-state index is 0.0272. The number of rotatable bonds is 9. The molecule has 3 aromatic rings. The van der Waals surface area contributed by atoms with Gasteiger partial charge in [0.05, 0.1) is 30.1 Å². The predicted molar refractivity (Wildman–Crippen MR) is 140 cm³/mol. The molecule has 2 heterocycles. The van der Waals surface area contributed by atoms with Crippen molar-refractivity contribution in [2.24, 2.45) is 0 Å². The normalized spacial score (nSPS) is 14.5. The number of carbonyl (C=O) groups excluding carboxylic acids is 1. The van der Waals surface area contributed by atoms with Crippen LogP contribution in [0, 0.1) is 0 Å². The molecule has 1 fully saturated rings. The monoisotopic (exact) mass is 583 g/mol. The highest BCUT2D eigenvalue weighted by Crippen LogP contribution is 2.46. The molecule has 1 aliphatic rings. The number of carbonyl (C=O) groups is 1. The number of aromatic nitrogens is 1. The summed E-state index contributed by atoms with van der Waals surface area (Å²) in [5, 5.41) is 2.77. The number of ether oxygens (including phenoxy) is 1. The van der Waals surface area contributed by atoms with Gasteiger partial charge < -0.3 is 15.0 Å². The molecular formula is C29H28F7N3O2. The Morgan fingerprint density at radius 2 is 1.66 bits per heavy atom. The Labute approximate surface area is 232 Å². The SMILES string of the molecule is CC(C)(Nc1cc(N2CCCC2=O)cc(-c2cccc(OCCCF)c2)c1C(F)(F)F)c1cccc(C(F)(F)F)n1. The molecular weight excluding hydrogens is 555 g/mol. The zero-order valence-corrected chi connectivity index (χ0v) is 22.3. The van der Waals surface area contributed by atoms with E-state index < -0.39 is 41.5 Å². The number of hydrogen-bond donors (Lipinski definition) is 1. The fraction of sp³-hybridized carbons (Fsp3) is 0.379.